The zero-order valence-corrected chi connectivity index (χ0v) is 15.0. The van der Waals surface area contributed by atoms with Gasteiger partial charge in [-0.05, 0) is 60.7 Å². The van der Waals surface area contributed by atoms with Crippen LogP contribution in [0.4, 0.5) is 4.39 Å². The van der Waals surface area contributed by atoms with Gasteiger partial charge in [0, 0.05) is 18.5 Å². The highest BCUT2D eigenvalue weighted by molar-refractivity contribution is 5.48. The molecule has 1 N–H and O–H groups in total. The number of piperidine rings is 1. The summed E-state index contributed by atoms with van der Waals surface area (Å²) in [5, 5.41) is 19.0. The van der Waals surface area contributed by atoms with Gasteiger partial charge in [-0.3, -0.25) is 4.90 Å². The second-order valence-corrected chi connectivity index (χ2v) is 6.85. The molecular weight excluding hydrogens is 315 g/mol. The number of hydrogen-bond donors (Lipinski definition) is 1. The normalized spacial score (nSPS) is 18.3. The van der Waals surface area contributed by atoms with E-state index in [2.05, 4.69) is 44.2 Å². The summed E-state index contributed by atoms with van der Waals surface area (Å²) in [5.74, 6) is -0.610. The molecule has 4 heteroatoms. The summed E-state index contributed by atoms with van der Waals surface area (Å²) in [4.78, 5) is 2.25. The van der Waals surface area contributed by atoms with Crippen LogP contribution in [0.5, 0.6) is 0 Å². The summed E-state index contributed by atoms with van der Waals surface area (Å²) in [6.45, 7) is 19.3. The van der Waals surface area contributed by atoms with Crippen LogP contribution < -0.4 is 0 Å². The van der Waals surface area contributed by atoms with Gasteiger partial charge >= 0.3 is 0 Å². The number of rotatable bonds is 8. The van der Waals surface area contributed by atoms with E-state index >= 15 is 0 Å². The first-order valence-corrected chi connectivity index (χ1v) is 8.26. The van der Waals surface area contributed by atoms with E-state index in [-0.39, 0.29) is 22.3 Å². The van der Waals surface area contributed by atoms with Crippen molar-refractivity contribution < 1.29 is 9.50 Å². The predicted octanol–water partition coefficient (Wildman–Crippen LogP) is 5.15. The molecule has 3 nitrogen and oxygen atoms in total. The molecular formula is C21H27FN2O. The molecule has 1 heterocycles. The molecule has 1 aliphatic heterocycles. The van der Waals surface area contributed by atoms with E-state index in [1.165, 1.54) is 12.2 Å². The highest BCUT2D eigenvalue weighted by Gasteiger charge is 2.29. The van der Waals surface area contributed by atoms with E-state index in [4.69, 9.17) is 5.26 Å². The predicted molar refractivity (Wildman–Crippen MR) is 102 cm³/mol. The molecule has 1 rings (SSSR count). The minimum atomic E-state index is -0.536. The monoisotopic (exact) mass is 342 g/mol. The average Bonchev–Trinajstić information content (AvgIpc) is 2.56. The lowest BCUT2D eigenvalue weighted by atomic mass is 9.78. The summed E-state index contributed by atoms with van der Waals surface area (Å²) < 4.78 is 13.2. The molecule has 0 atom stereocenters. The van der Waals surface area contributed by atoms with Gasteiger partial charge in [-0.2, -0.15) is 5.26 Å². The minimum absolute atomic E-state index is 0.0746. The number of nitrogens with zero attached hydrogens (tertiary/aromatic N) is 2. The number of likely N-dealkylation sites (tertiary alicyclic amines) is 1. The maximum Gasteiger partial charge on any atom is 0.123 e. The Balaban J connectivity index is 2.60. The van der Waals surface area contributed by atoms with E-state index in [9.17, 15) is 9.50 Å². The molecule has 0 spiro atoms. The first kappa shape index (κ1) is 20.7. The number of hydrogen-bond acceptors (Lipinski definition) is 3. The van der Waals surface area contributed by atoms with Crippen LogP contribution in [0.1, 0.15) is 26.2 Å². The van der Waals surface area contributed by atoms with Crippen LogP contribution in [-0.4, -0.2) is 29.6 Å². The molecule has 0 aromatic carbocycles. The van der Waals surface area contributed by atoms with Gasteiger partial charge in [-0.1, -0.05) is 33.2 Å². The molecule has 1 saturated heterocycles. The molecule has 0 aromatic heterocycles. The van der Waals surface area contributed by atoms with Gasteiger partial charge in [0.1, 0.15) is 11.6 Å². The first-order chi connectivity index (χ1) is 11.7. The van der Waals surface area contributed by atoms with E-state index in [0.29, 0.717) is 13.0 Å². The number of nitriles is 1. The molecule has 134 valence electrons. The zero-order valence-electron chi connectivity index (χ0n) is 15.0. The van der Waals surface area contributed by atoms with Crippen molar-refractivity contribution in [2.45, 2.75) is 26.2 Å². The van der Waals surface area contributed by atoms with E-state index < -0.39 is 5.83 Å². The smallest absolute Gasteiger partial charge is 0.123 e. The second-order valence-electron chi connectivity index (χ2n) is 6.85. The summed E-state index contributed by atoms with van der Waals surface area (Å²) in [5.41, 5.74) is 1.36. The summed E-state index contributed by atoms with van der Waals surface area (Å²) in [7, 11) is 0. The Labute approximate surface area is 150 Å². The fourth-order valence-corrected chi connectivity index (χ4v) is 2.71. The van der Waals surface area contributed by atoms with Gasteiger partial charge in [-0.25, -0.2) is 4.39 Å². The largest absolute Gasteiger partial charge is 0.507 e. The highest BCUT2D eigenvalue weighted by atomic mass is 19.1. The van der Waals surface area contributed by atoms with Crippen molar-refractivity contribution in [1.29, 1.82) is 5.26 Å². The summed E-state index contributed by atoms with van der Waals surface area (Å²) in [6, 6.07) is 2.27. The molecule has 0 saturated carbocycles. The highest BCUT2D eigenvalue weighted by Crippen LogP contribution is 2.34. The molecule has 0 amide bonds. The molecule has 0 radical (unpaired) electrons. The van der Waals surface area contributed by atoms with Gasteiger partial charge < -0.3 is 5.11 Å². The molecule has 1 aliphatic rings. The SMILES string of the molecule is C=C/C(F)=C\C(=C)C(=C)/C(O)=C\C(=C)CN1CCC(C)(CC#N)CC1. The number of halogens is 1. The fraction of sp³-hybridized carbons (Fsp3) is 0.381. The van der Waals surface area contributed by atoms with E-state index in [0.717, 1.165) is 37.6 Å². The van der Waals surface area contributed by atoms with Gasteiger partial charge in [0.15, 0.2) is 0 Å². The standard InChI is InChI=1S/C21H27FN2O/c1-6-19(22)14-17(3)18(4)20(25)13-16(2)15-24-11-8-21(5,7-10-23)9-12-24/h6,13-14,25H,1-4,7-9,11-12,15H2,5H3/b19-14+,20-13+. The third-order valence-corrected chi connectivity index (χ3v) is 4.54. The van der Waals surface area contributed by atoms with Crippen LogP contribution in [0.15, 0.2) is 72.8 Å². The summed E-state index contributed by atoms with van der Waals surface area (Å²) in [6.07, 6.45) is 6.30. The van der Waals surface area contributed by atoms with Crippen molar-refractivity contribution >= 4 is 0 Å². The fourth-order valence-electron chi connectivity index (χ4n) is 2.71. The van der Waals surface area contributed by atoms with E-state index in [1.54, 1.807) is 0 Å². The lowest BCUT2D eigenvalue weighted by Crippen LogP contribution is -2.39. The Kier molecular flexibility index (Phi) is 7.60. The van der Waals surface area contributed by atoms with Crippen molar-refractivity contribution in [3.63, 3.8) is 0 Å². The maximum atomic E-state index is 13.2. The lowest BCUT2D eigenvalue weighted by Gasteiger charge is -2.38. The molecule has 0 bridgehead atoms. The maximum absolute atomic E-state index is 13.2. The van der Waals surface area contributed by atoms with Crippen molar-refractivity contribution in [3.05, 3.63) is 72.8 Å². The van der Waals surface area contributed by atoms with Crippen LogP contribution in [0, 0.1) is 16.7 Å². The Bertz CT molecular complexity index is 656. The molecule has 25 heavy (non-hydrogen) atoms. The first-order valence-electron chi connectivity index (χ1n) is 8.26. The van der Waals surface area contributed by atoms with Crippen molar-refractivity contribution in [1.82, 2.24) is 4.90 Å². The van der Waals surface area contributed by atoms with Gasteiger partial charge in [0.2, 0.25) is 0 Å². The van der Waals surface area contributed by atoms with Crippen LogP contribution in [0.2, 0.25) is 0 Å². The van der Waals surface area contributed by atoms with Crippen LogP contribution in [0.25, 0.3) is 0 Å². The minimum Gasteiger partial charge on any atom is -0.507 e. The third-order valence-electron chi connectivity index (χ3n) is 4.54. The Morgan fingerprint density at radius 2 is 1.88 bits per heavy atom. The third kappa shape index (κ3) is 6.56. The molecule has 0 unspecified atom stereocenters. The number of aliphatic hydroxyl groups is 1. The topological polar surface area (TPSA) is 47.3 Å². The van der Waals surface area contributed by atoms with Crippen LogP contribution >= 0.6 is 0 Å². The zero-order chi connectivity index (χ0) is 19.0. The van der Waals surface area contributed by atoms with Gasteiger partial charge in [0.05, 0.1) is 6.07 Å². The van der Waals surface area contributed by atoms with Crippen molar-refractivity contribution in [2.24, 2.45) is 5.41 Å². The van der Waals surface area contributed by atoms with Crippen LogP contribution in [-0.2, 0) is 0 Å². The number of allylic oxidation sites excluding steroid dienone is 4. The van der Waals surface area contributed by atoms with Crippen molar-refractivity contribution in [2.75, 3.05) is 19.6 Å². The van der Waals surface area contributed by atoms with Gasteiger partial charge in [-0.15, -0.1) is 0 Å². The van der Waals surface area contributed by atoms with Gasteiger partial charge in [0.25, 0.3) is 0 Å². The van der Waals surface area contributed by atoms with Crippen molar-refractivity contribution in [3.8, 4) is 6.07 Å². The average molecular weight is 342 g/mol. The Morgan fingerprint density at radius 3 is 2.40 bits per heavy atom. The Hall–Kier alpha value is -2.38. The molecule has 1 fully saturated rings. The lowest BCUT2D eigenvalue weighted by molar-refractivity contribution is 0.130. The second kappa shape index (κ2) is 9.19. The quantitative estimate of drug-likeness (QED) is 0.490. The number of aliphatic hydroxyl groups excluding tert-OH is 1. The Morgan fingerprint density at radius 1 is 1.28 bits per heavy atom. The molecule has 0 aromatic rings. The molecule has 0 aliphatic carbocycles. The van der Waals surface area contributed by atoms with E-state index in [1.807, 2.05) is 0 Å². The van der Waals surface area contributed by atoms with Crippen LogP contribution in [0.3, 0.4) is 0 Å². The summed E-state index contributed by atoms with van der Waals surface area (Å²) >= 11 is 0.